The summed E-state index contributed by atoms with van der Waals surface area (Å²) in [4.78, 5) is 0. The van der Waals surface area contributed by atoms with Crippen molar-refractivity contribution in [3.8, 4) is 17.2 Å². The molecule has 1 N–H and O–H groups in total. The Morgan fingerprint density at radius 3 is 2.00 bits per heavy atom. The van der Waals surface area contributed by atoms with Crippen LogP contribution in [-0.4, -0.2) is 46.3 Å². The summed E-state index contributed by atoms with van der Waals surface area (Å²) in [5.41, 5.74) is 0.735. The fourth-order valence-corrected chi connectivity index (χ4v) is 2.36. The fraction of sp³-hybridized carbons (Fsp3) is 0.571. The smallest absolute Gasteiger partial charge is 0.203 e. The third-order valence-corrected chi connectivity index (χ3v) is 3.30. The highest BCUT2D eigenvalue weighted by atomic mass is 16.7. The van der Waals surface area contributed by atoms with Crippen molar-refractivity contribution in [2.24, 2.45) is 0 Å². The van der Waals surface area contributed by atoms with Crippen LogP contribution in [0.3, 0.4) is 0 Å². The fourth-order valence-electron chi connectivity index (χ4n) is 2.36. The van der Waals surface area contributed by atoms with Gasteiger partial charge in [0.25, 0.3) is 0 Å². The Morgan fingerprint density at radius 2 is 1.60 bits per heavy atom. The van der Waals surface area contributed by atoms with Crippen molar-refractivity contribution in [1.82, 2.24) is 0 Å². The Labute approximate surface area is 118 Å². The second-order valence-electron chi connectivity index (χ2n) is 4.34. The van der Waals surface area contributed by atoms with Gasteiger partial charge in [0, 0.05) is 18.6 Å². The van der Waals surface area contributed by atoms with Crippen molar-refractivity contribution in [2.75, 3.05) is 41.2 Å². The second kappa shape index (κ2) is 6.30. The average Bonchev–Trinajstić information content (AvgIpc) is 2.95. The Kier molecular flexibility index (Phi) is 4.69. The first-order valence-electron chi connectivity index (χ1n) is 6.40. The standard InChI is InChI=1S/C14H20O6/c1-16-11-8-10(9-12(17-2)13(11)18-3)14(4-5-15)19-6-7-20-14/h8-9,15H,4-7H2,1-3H3. The van der Waals surface area contributed by atoms with Crippen LogP contribution in [0.2, 0.25) is 0 Å². The summed E-state index contributed by atoms with van der Waals surface area (Å²) < 4.78 is 27.3. The molecule has 1 fully saturated rings. The summed E-state index contributed by atoms with van der Waals surface area (Å²) >= 11 is 0. The zero-order valence-electron chi connectivity index (χ0n) is 12.0. The van der Waals surface area contributed by atoms with Gasteiger partial charge in [0.1, 0.15) is 0 Å². The highest BCUT2D eigenvalue weighted by Crippen LogP contribution is 2.44. The minimum Gasteiger partial charge on any atom is -0.493 e. The van der Waals surface area contributed by atoms with Gasteiger partial charge in [0.15, 0.2) is 17.3 Å². The van der Waals surface area contributed by atoms with E-state index in [9.17, 15) is 5.11 Å². The lowest BCUT2D eigenvalue weighted by Gasteiger charge is -2.28. The number of hydrogen-bond donors (Lipinski definition) is 1. The minimum absolute atomic E-state index is 0.0450. The summed E-state index contributed by atoms with van der Waals surface area (Å²) in [7, 11) is 4.65. The predicted molar refractivity (Wildman–Crippen MR) is 71.4 cm³/mol. The van der Waals surface area contributed by atoms with Crippen LogP contribution >= 0.6 is 0 Å². The van der Waals surface area contributed by atoms with Gasteiger partial charge in [-0.2, -0.15) is 0 Å². The summed E-state index contributed by atoms with van der Waals surface area (Å²) in [5.74, 6) is 0.606. The molecule has 1 saturated heterocycles. The van der Waals surface area contributed by atoms with Gasteiger partial charge in [-0.25, -0.2) is 0 Å². The number of aliphatic hydroxyl groups excluding tert-OH is 1. The van der Waals surface area contributed by atoms with E-state index in [1.165, 1.54) is 0 Å². The molecule has 0 unspecified atom stereocenters. The second-order valence-corrected chi connectivity index (χ2v) is 4.34. The van der Waals surface area contributed by atoms with Crippen LogP contribution in [0.1, 0.15) is 12.0 Å². The molecule has 1 aliphatic heterocycles. The maximum absolute atomic E-state index is 9.26. The minimum atomic E-state index is -0.957. The number of hydrogen-bond acceptors (Lipinski definition) is 6. The monoisotopic (exact) mass is 284 g/mol. The first-order valence-corrected chi connectivity index (χ1v) is 6.40. The number of ether oxygens (including phenoxy) is 5. The van der Waals surface area contributed by atoms with Crippen LogP contribution in [0, 0.1) is 0 Å². The lowest BCUT2D eigenvalue weighted by Crippen LogP contribution is -2.28. The Morgan fingerprint density at radius 1 is 1.05 bits per heavy atom. The molecule has 6 heteroatoms. The van der Waals surface area contributed by atoms with E-state index < -0.39 is 5.79 Å². The van der Waals surface area contributed by atoms with Crippen molar-refractivity contribution in [3.05, 3.63) is 17.7 Å². The van der Waals surface area contributed by atoms with Gasteiger partial charge < -0.3 is 28.8 Å². The molecular formula is C14H20O6. The van der Waals surface area contributed by atoms with Crippen LogP contribution in [0.4, 0.5) is 0 Å². The number of rotatable bonds is 6. The normalized spacial score (nSPS) is 17.0. The van der Waals surface area contributed by atoms with Crippen LogP contribution in [0.25, 0.3) is 0 Å². The molecule has 112 valence electrons. The number of benzene rings is 1. The van der Waals surface area contributed by atoms with Gasteiger partial charge in [0.05, 0.1) is 34.5 Å². The van der Waals surface area contributed by atoms with Crippen LogP contribution in [0.5, 0.6) is 17.2 Å². The van der Waals surface area contributed by atoms with Crippen LogP contribution in [0.15, 0.2) is 12.1 Å². The van der Waals surface area contributed by atoms with Crippen molar-refractivity contribution >= 4 is 0 Å². The molecule has 0 aliphatic carbocycles. The summed E-state index contributed by atoms with van der Waals surface area (Å²) in [6, 6.07) is 3.56. The third-order valence-electron chi connectivity index (χ3n) is 3.30. The van der Waals surface area contributed by atoms with Gasteiger partial charge >= 0.3 is 0 Å². The Bertz CT molecular complexity index is 428. The van der Waals surface area contributed by atoms with E-state index in [2.05, 4.69) is 0 Å². The average molecular weight is 284 g/mol. The summed E-state index contributed by atoms with van der Waals surface area (Å²) in [5, 5.41) is 9.26. The Balaban J connectivity index is 2.50. The molecule has 0 saturated carbocycles. The van der Waals surface area contributed by atoms with Gasteiger partial charge in [-0.15, -0.1) is 0 Å². The molecule has 0 aromatic heterocycles. The van der Waals surface area contributed by atoms with Crippen LogP contribution < -0.4 is 14.2 Å². The molecule has 1 aromatic rings. The van der Waals surface area contributed by atoms with Crippen LogP contribution in [-0.2, 0) is 15.3 Å². The van der Waals surface area contributed by atoms with Crippen molar-refractivity contribution in [3.63, 3.8) is 0 Å². The van der Waals surface area contributed by atoms with Gasteiger partial charge in [0.2, 0.25) is 5.75 Å². The molecule has 1 aliphatic rings. The van der Waals surface area contributed by atoms with Crippen molar-refractivity contribution < 1.29 is 28.8 Å². The largest absolute Gasteiger partial charge is 0.493 e. The van der Waals surface area contributed by atoms with E-state index >= 15 is 0 Å². The maximum Gasteiger partial charge on any atom is 0.203 e. The third kappa shape index (κ3) is 2.54. The quantitative estimate of drug-likeness (QED) is 0.849. The molecule has 0 amide bonds. The predicted octanol–water partition coefficient (Wildman–Crippen LogP) is 1.29. The summed E-state index contributed by atoms with van der Waals surface area (Å²) in [6.07, 6.45) is 0.339. The molecule has 20 heavy (non-hydrogen) atoms. The molecule has 1 aromatic carbocycles. The molecule has 1 heterocycles. The first-order chi connectivity index (χ1) is 9.70. The van der Waals surface area contributed by atoms with E-state index in [0.717, 1.165) is 5.56 Å². The molecule has 0 spiro atoms. The van der Waals surface area contributed by atoms with Gasteiger partial charge in [-0.1, -0.05) is 0 Å². The molecule has 0 atom stereocenters. The number of aliphatic hydroxyl groups is 1. The SMILES string of the molecule is COc1cc(C2(CCO)OCCO2)cc(OC)c1OC. The molecule has 2 rings (SSSR count). The highest BCUT2D eigenvalue weighted by Gasteiger charge is 2.39. The van der Waals surface area contributed by atoms with E-state index in [0.29, 0.717) is 36.9 Å². The summed E-state index contributed by atoms with van der Waals surface area (Å²) in [6.45, 7) is 0.921. The molecule has 0 radical (unpaired) electrons. The Hall–Kier alpha value is -1.50. The lowest BCUT2D eigenvalue weighted by atomic mass is 10.0. The van der Waals surface area contributed by atoms with E-state index in [1.807, 2.05) is 0 Å². The number of methoxy groups -OCH3 is 3. The zero-order chi connectivity index (χ0) is 14.6. The maximum atomic E-state index is 9.26. The molecule has 0 bridgehead atoms. The molecule has 6 nitrogen and oxygen atoms in total. The molecular weight excluding hydrogens is 264 g/mol. The van der Waals surface area contributed by atoms with E-state index in [-0.39, 0.29) is 6.61 Å². The van der Waals surface area contributed by atoms with Gasteiger partial charge in [-0.3, -0.25) is 0 Å². The van der Waals surface area contributed by atoms with Crippen molar-refractivity contribution in [2.45, 2.75) is 12.2 Å². The van der Waals surface area contributed by atoms with Crippen molar-refractivity contribution in [1.29, 1.82) is 0 Å². The van der Waals surface area contributed by atoms with E-state index in [4.69, 9.17) is 23.7 Å². The zero-order valence-corrected chi connectivity index (χ0v) is 12.0. The van der Waals surface area contributed by atoms with Gasteiger partial charge in [-0.05, 0) is 12.1 Å². The lowest BCUT2D eigenvalue weighted by molar-refractivity contribution is -0.176. The van der Waals surface area contributed by atoms with E-state index in [1.54, 1.807) is 33.5 Å². The first kappa shape index (κ1) is 14.9. The topological polar surface area (TPSA) is 66.4 Å². The highest BCUT2D eigenvalue weighted by molar-refractivity contribution is 5.54.